The third-order valence-electron chi connectivity index (χ3n) is 3.83. The number of nitrogens with two attached hydrogens (primary N) is 1. The van der Waals surface area contributed by atoms with Crippen LogP contribution in [0, 0.1) is 6.92 Å². The lowest BCUT2D eigenvalue weighted by molar-refractivity contribution is 0.0878. The number of aryl methyl sites for hydroxylation is 1. The van der Waals surface area contributed by atoms with Crippen LogP contribution in [0.25, 0.3) is 4.96 Å². The van der Waals surface area contributed by atoms with Crippen molar-refractivity contribution in [2.45, 2.75) is 19.5 Å². The number of piperazine rings is 1. The van der Waals surface area contributed by atoms with Crippen molar-refractivity contribution in [2.24, 2.45) is 5.73 Å². The van der Waals surface area contributed by atoms with Gasteiger partial charge in [0, 0.05) is 44.0 Å². The summed E-state index contributed by atoms with van der Waals surface area (Å²) in [6, 6.07) is 1.84. The van der Waals surface area contributed by atoms with Crippen LogP contribution >= 0.6 is 11.3 Å². The van der Waals surface area contributed by atoms with Crippen molar-refractivity contribution in [2.75, 3.05) is 33.2 Å². The molecule has 1 saturated heterocycles. The molecule has 21 heavy (non-hydrogen) atoms. The van der Waals surface area contributed by atoms with Gasteiger partial charge in [-0.2, -0.15) is 9.61 Å². The Bertz CT molecular complexity index is 696. The van der Waals surface area contributed by atoms with Crippen molar-refractivity contribution >= 4 is 16.3 Å². The lowest BCUT2D eigenvalue weighted by Gasteiger charge is -2.38. The van der Waals surface area contributed by atoms with Crippen LogP contribution in [0.3, 0.4) is 0 Å². The zero-order valence-electron chi connectivity index (χ0n) is 12.3. The summed E-state index contributed by atoms with van der Waals surface area (Å²) < 4.78 is 1.39. The van der Waals surface area contributed by atoms with Crippen LogP contribution in [0.15, 0.2) is 10.9 Å². The smallest absolute Gasteiger partial charge is 0.275 e. The summed E-state index contributed by atoms with van der Waals surface area (Å²) in [5.74, 6) is 0. The molecule has 0 spiro atoms. The molecular formula is C13H20N6OS. The Balaban J connectivity index is 1.84. The van der Waals surface area contributed by atoms with Gasteiger partial charge in [0.25, 0.3) is 5.56 Å². The van der Waals surface area contributed by atoms with Crippen molar-refractivity contribution in [3.63, 3.8) is 0 Å². The minimum Gasteiger partial charge on any atom is -0.329 e. The van der Waals surface area contributed by atoms with Gasteiger partial charge in [0.05, 0.1) is 6.54 Å². The standard InChI is InChI=1S/C13H20N6OS/c1-9-5-12(20)19-13(15-9)21-11(16-19)8-18-4-3-17(2)7-10(18)6-14/h5,10H,3-4,6-8,14H2,1-2H3. The van der Waals surface area contributed by atoms with Gasteiger partial charge in [0.2, 0.25) is 4.96 Å². The number of aromatic nitrogens is 3. The van der Waals surface area contributed by atoms with Crippen LogP contribution < -0.4 is 11.3 Å². The Kier molecular flexibility index (Phi) is 4.03. The van der Waals surface area contributed by atoms with E-state index in [4.69, 9.17) is 5.73 Å². The minimum atomic E-state index is -0.117. The molecular weight excluding hydrogens is 288 g/mol. The van der Waals surface area contributed by atoms with Gasteiger partial charge in [0.15, 0.2) is 0 Å². The number of hydrogen-bond donors (Lipinski definition) is 1. The normalized spacial score (nSPS) is 21.2. The minimum absolute atomic E-state index is 0.117. The van der Waals surface area contributed by atoms with Gasteiger partial charge in [0.1, 0.15) is 5.01 Å². The molecule has 0 radical (unpaired) electrons. The SMILES string of the molecule is Cc1cc(=O)n2nc(CN3CCN(C)CC3CN)sc2n1. The average molecular weight is 308 g/mol. The van der Waals surface area contributed by atoms with Crippen LogP contribution in [0.2, 0.25) is 0 Å². The first-order chi connectivity index (χ1) is 10.1. The van der Waals surface area contributed by atoms with Gasteiger partial charge < -0.3 is 10.6 Å². The Morgan fingerprint density at radius 3 is 3.05 bits per heavy atom. The highest BCUT2D eigenvalue weighted by Gasteiger charge is 2.25. The van der Waals surface area contributed by atoms with Crippen molar-refractivity contribution in [3.05, 3.63) is 27.1 Å². The molecule has 0 aliphatic carbocycles. The van der Waals surface area contributed by atoms with Gasteiger partial charge in [-0.15, -0.1) is 0 Å². The summed E-state index contributed by atoms with van der Waals surface area (Å²) in [6.45, 7) is 6.15. The number of likely N-dealkylation sites (N-methyl/N-ethyl adjacent to an activating group) is 1. The molecule has 3 heterocycles. The highest BCUT2D eigenvalue weighted by atomic mass is 32.1. The molecule has 7 nitrogen and oxygen atoms in total. The second-order valence-corrected chi connectivity index (χ2v) is 6.59. The number of hydrogen-bond acceptors (Lipinski definition) is 7. The quantitative estimate of drug-likeness (QED) is 0.826. The van der Waals surface area contributed by atoms with E-state index in [9.17, 15) is 4.79 Å². The second-order valence-electron chi connectivity index (χ2n) is 5.55. The van der Waals surface area contributed by atoms with Crippen LogP contribution in [0.5, 0.6) is 0 Å². The van der Waals surface area contributed by atoms with Gasteiger partial charge in [-0.3, -0.25) is 9.69 Å². The lowest BCUT2D eigenvalue weighted by atomic mass is 10.2. The number of fused-ring (bicyclic) bond motifs is 1. The molecule has 3 rings (SSSR count). The first kappa shape index (κ1) is 14.6. The van der Waals surface area contributed by atoms with E-state index >= 15 is 0 Å². The zero-order chi connectivity index (χ0) is 15.0. The maximum absolute atomic E-state index is 11.9. The second kappa shape index (κ2) is 5.80. The molecule has 1 aliphatic rings. The van der Waals surface area contributed by atoms with Crippen molar-refractivity contribution in [1.29, 1.82) is 0 Å². The summed E-state index contributed by atoms with van der Waals surface area (Å²) >= 11 is 1.48. The molecule has 0 bridgehead atoms. The monoisotopic (exact) mass is 308 g/mol. The highest BCUT2D eigenvalue weighted by molar-refractivity contribution is 7.16. The number of nitrogens with zero attached hydrogens (tertiary/aromatic N) is 5. The Labute approximate surface area is 127 Å². The molecule has 114 valence electrons. The summed E-state index contributed by atoms with van der Waals surface area (Å²) in [5, 5.41) is 5.31. The first-order valence-electron chi connectivity index (χ1n) is 7.06. The molecule has 2 aromatic heterocycles. The van der Waals surface area contributed by atoms with E-state index in [0.717, 1.165) is 36.9 Å². The van der Waals surface area contributed by atoms with Crippen LogP contribution in [-0.2, 0) is 6.54 Å². The van der Waals surface area contributed by atoms with Crippen molar-refractivity contribution in [3.8, 4) is 0 Å². The lowest BCUT2D eigenvalue weighted by Crippen LogP contribution is -2.54. The fourth-order valence-electron chi connectivity index (χ4n) is 2.68. The molecule has 1 fully saturated rings. The van der Waals surface area contributed by atoms with Gasteiger partial charge in [-0.1, -0.05) is 11.3 Å². The maximum Gasteiger partial charge on any atom is 0.275 e. The first-order valence-corrected chi connectivity index (χ1v) is 7.87. The van der Waals surface area contributed by atoms with E-state index < -0.39 is 0 Å². The largest absolute Gasteiger partial charge is 0.329 e. The Morgan fingerprint density at radius 2 is 2.29 bits per heavy atom. The summed E-state index contributed by atoms with van der Waals surface area (Å²) in [5.41, 5.74) is 6.49. The summed E-state index contributed by atoms with van der Waals surface area (Å²) in [6.07, 6.45) is 0. The van der Waals surface area contributed by atoms with E-state index in [-0.39, 0.29) is 5.56 Å². The van der Waals surface area contributed by atoms with Crippen molar-refractivity contribution in [1.82, 2.24) is 24.4 Å². The highest BCUT2D eigenvalue weighted by Crippen LogP contribution is 2.17. The predicted molar refractivity (Wildman–Crippen MR) is 82.6 cm³/mol. The van der Waals surface area contributed by atoms with Gasteiger partial charge >= 0.3 is 0 Å². The molecule has 8 heteroatoms. The zero-order valence-corrected chi connectivity index (χ0v) is 13.1. The molecule has 1 unspecified atom stereocenters. The third-order valence-corrected chi connectivity index (χ3v) is 4.73. The molecule has 0 saturated carbocycles. The van der Waals surface area contributed by atoms with Crippen LogP contribution in [0.1, 0.15) is 10.7 Å². The Hall–Kier alpha value is -1.35. The van der Waals surface area contributed by atoms with E-state index in [0.29, 0.717) is 17.5 Å². The van der Waals surface area contributed by atoms with Gasteiger partial charge in [-0.05, 0) is 14.0 Å². The average Bonchev–Trinajstić information content (AvgIpc) is 2.83. The fourth-order valence-corrected chi connectivity index (χ4v) is 3.65. The van der Waals surface area contributed by atoms with E-state index in [1.54, 1.807) is 0 Å². The topological polar surface area (TPSA) is 79.8 Å². The van der Waals surface area contributed by atoms with E-state index in [1.807, 2.05) is 6.92 Å². The molecule has 0 aromatic carbocycles. The molecule has 2 N–H and O–H groups in total. The maximum atomic E-state index is 11.9. The van der Waals surface area contributed by atoms with Gasteiger partial charge in [-0.25, -0.2) is 4.98 Å². The molecule has 1 aliphatic heterocycles. The van der Waals surface area contributed by atoms with E-state index in [1.165, 1.54) is 21.9 Å². The van der Waals surface area contributed by atoms with Crippen molar-refractivity contribution < 1.29 is 0 Å². The fraction of sp³-hybridized carbons (Fsp3) is 0.615. The predicted octanol–water partition coefficient (Wildman–Crippen LogP) is -0.466. The molecule has 0 amide bonds. The van der Waals surface area contributed by atoms with E-state index in [2.05, 4.69) is 26.9 Å². The van der Waals surface area contributed by atoms with Crippen LogP contribution in [-0.4, -0.2) is 63.7 Å². The molecule has 2 aromatic rings. The Morgan fingerprint density at radius 1 is 1.48 bits per heavy atom. The van der Waals surface area contributed by atoms with Crippen LogP contribution in [0.4, 0.5) is 0 Å². The molecule has 1 atom stereocenters. The summed E-state index contributed by atoms with van der Waals surface area (Å²) in [7, 11) is 2.12. The third kappa shape index (κ3) is 2.98. The number of rotatable bonds is 3. The summed E-state index contributed by atoms with van der Waals surface area (Å²) in [4.78, 5) is 21.6.